The van der Waals surface area contributed by atoms with E-state index in [2.05, 4.69) is 6.92 Å². The highest BCUT2D eigenvalue weighted by Crippen LogP contribution is 1.73. The molecule has 47 valence electrons. The van der Waals surface area contributed by atoms with Gasteiger partial charge in [-0.05, 0) is 0 Å². The van der Waals surface area contributed by atoms with Crippen LogP contribution in [0.5, 0.6) is 0 Å². The highest BCUT2D eigenvalue weighted by molar-refractivity contribution is 6.40. The van der Waals surface area contributed by atoms with Gasteiger partial charge in [-0.25, -0.2) is 0 Å². The first-order valence-corrected chi connectivity index (χ1v) is 2.76. The second-order valence-electron chi connectivity index (χ2n) is 0.101. The van der Waals surface area contributed by atoms with Crippen molar-refractivity contribution in [1.29, 1.82) is 0 Å². The van der Waals surface area contributed by atoms with E-state index in [-0.39, 0.29) is 5.34 Å². The standard InChI is InChI=1S/C2H5.CH2Cl2.CH4O/c1-2;2-1-3;1-2/h1H2,2H3;1H2;2H,1H3. The van der Waals surface area contributed by atoms with Crippen LogP contribution in [0.2, 0.25) is 0 Å². The first-order chi connectivity index (χ1) is 3.41. The largest absolute Gasteiger partial charge is 0.400 e. The molecule has 1 radical (unpaired) electrons. The highest BCUT2D eigenvalue weighted by atomic mass is 35.5. The molecule has 0 aliphatic heterocycles. The van der Waals surface area contributed by atoms with E-state index in [0.717, 1.165) is 7.11 Å². The molecule has 0 spiro atoms. The molecule has 7 heavy (non-hydrogen) atoms. The Labute approximate surface area is 55.2 Å². The van der Waals surface area contributed by atoms with Gasteiger partial charge in [0.1, 0.15) is 0 Å². The molecule has 0 saturated carbocycles. The van der Waals surface area contributed by atoms with Crippen molar-refractivity contribution in [1.82, 2.24) is 0 Å². The van der Waals surface area contributed by atoms with Gasteiger partial charge in [0.25, 0.3) is 0 Å². The molecule has 0 heterocycles. The molecule has 0 rings (SSSR count). The van der Waals surface area contributed by atoms with Gasteiger partial charge >= 0.3 is 0 Å². The SMILES string of the molecule is CO.ClCCl.[CH2]C. The summed E-state index contributed by atoms with van der Waals surface area (Å²) in [4.78, 5) is 0. The lowest BCUT2D eigenvalue weighted by molar-refractivity contribution is 0.399. The maximum absolute atomic E-state index is 7.00. The predicted molar refractivity (Wildman–Crippen MR) is 35.7 cm³/mol. The minimum absolute atomic E-state index is 0.194. The molecule has 1 N–H and O–H groups in total. The summed E-state index contributed by atoms with van der Waals surface area (Å²) in [6, 6.07) is 0. The van der Waals surface area contributed by atoms with E-state index in [9.17, 15) is 0 Å². The van der Waals surface area contributed by atoms with E-state index < -0.39 is 0 Å². The summed E-state index contributed by atoms with van der Waals surface area (Å²) in [5.41, 5.74) is 0. The molecule has 0 saturated heterocycles. The van der Waals surface area contributed by atoms with Gasteiger partial charge in [-0.3, -0.25) is 0 Å². The fourth-order valence-electron chi connectivity index (χ4n) is 0. The third-order valence-electron chi connectivity index (χ3n) is 0. The van der Waals surface area contributed by atoms with Crippen molar-refractivity contribution in [3.8, 4) is 0 Å². The zero-order chi connectivity index (χ0) is 6.71. The van der Waals surface area contributed by atoms with E-state index in [1.165, 1.54) is 0 Å². The van der Waals surface area contributed by atoms with Crippen molar-refractivity contribution < 1.29 is 5.11 Å². The monoisotopic (exact) mass is 145 g/mol. The van der Waals surface area contributed by atoms with Crippen LogP contribution in [0.4, 0.5) is 0 Å². The minimum Gasteiger partial charge on any atom is -0.400 e. The van der Waals surface area contributed by atoms with E-state index in [0.29, 0.717) is 0 Å². The van der Waals surface area contributed by atoms with Gasteiger partial charge in [-0.15, -0.1) is 23.2 Å². The van der Waals surface area contributed by atoms with E-state index in [1.54, 1.807) is 6.92 Å². The van der Waals surface area contributed by atoms with Crippen molar-refractivity contribution >= 4 is 23.2 Å². The Morgan fingerprint density at radius 3 is 1.29 bits per heavy atom. The third-order valence-corrected chi connectivity index (χ3v) is 0. The van der Waals surface area contributed by atoms with Crippen LogP contribution in [0.25, 0.3) is 0 Å². The zero-order valence-electron chi connectivity index (χ0n) is 4.62. The van der Waals surface area contributed by atoms with Crippen LogP contribution >= 0.6 is 23.2 Å². The molecular weight excluding hydrogens is 135 g/mol. The van der Waals surface area contributed by atoms with Gasteiger partial charge in [-0.1, -0.05) is 13.8 Å². The summed E-state index contributed by atoms with van der Waals surface area (Å²) < 4.78 is 0. The Morgan fingerprint density at radius 1 is 1.29 bits per heavy atom. The second kappa shape index (κ2) is 84.6. The van der Waals surface area contributed by atoms with Crippen LogP contribution in [-0.2, 0) is 0 Å². The molecule has 1 nitrogen and oxygen atoms in total. The lowest BCUT2D eigenvalue weighted by atomic mass is 11.0. The number of aliphatic hydroxyl groups is 1. The Bertz CT molecular complexity index is 9.65. The zero-order valence-corrected chi connectivity index (χ0v) is 6.13. The molecule has 0 amide bonds. The average molecular weight is 146 g/mol. The molecule has 0 fully saturated rings. The number of halogens is 2. The molecule has 0 unspecified atom stereocenters. The smallest absolute Gasteiger partial charge is 0.0967 e. The Morgan fingerprint density at radius 2 is 1.29 bits per heavy atom. The lowest BCUT2D eigenvalue weighted by Gasteiger charge is -1.42. The molecule has 0 aliphatic rings. The number of hydrogen-bond donors (Lipinski definition) is 1. The van der Waals surface area contributed by atoms with E-state index >= 15 is 0 Å². The molecule has 0 aromatic rings. The van der Waals surface area contributed by atoms with Crippen LogP contribution in [-0.4, -0.2) is 17.6 Å². The third kappa shape index (κ3) is 462. The van der Waals surface area contributed by atoms with Crippen molar-refractivity contribution in [3.63, 3.8) is 0 Å². The van der Waals surface area contributed by atoms with Gasteiger partial charge in [0.15, 0.2) is 0 Å². The maximum Gasteiger partial charge on any atom is 0.0967 e. The van der Waals surface area contributed by atoms with Crippen LogP contribution in [0.3, 0.4) is 0 Å². The molecule has 0 bridgehead atoms. The van der Waals surface area contributed by atoms with Crippen LogP contribution < -0.4 is 0 Å². The summed E-state index contributed by atoms with van der Waals surface area (Å²) in [5.74, 6) is 0. The van der Waals surface area contributed by atoms with Gasteiger partial charge in [0.05, 0.1) is 5.34 Å². The fourth-order valence-corrected chi connectivity index (χ4v) is 0. The summed E-state index contributed by atoms with van der Waals surface area (Å²) in [6.45, 7) is 5.00. The molecular formula is C4H11Cl2O. The maximum atomic E-state index is 7.00. The highest BCUT2D eigenvalue weighted by Gasteiger charge is 1.41. The summed E-state index contributed by atoms with van der Waals surface area (Å²) in [6.07, 6.45) is 0. The number of hydrogen-bond acceptors (Lipinski definition) is 1. The summed E-state index contributed by atoms with van der Waals surface area (Å²) in [7, 11) is 1.00. The van der Waals surface area contributed by atoms with Crippen molar-refractivity contribution in [2.24, 2.45) is 0 Å². The first-order valence-electron chi connectivity index (χ1n) is 1.69. The number of alkyl halides is 2. The topological polar surface area (TPSA) is 20.2 Å². The molecule has 0 aromatic heterocycles. The van der Waals surface area contributed by atoms with E-state index in [1.807, 2.05) is 0 Å². The lowest BCUT2D eigenvalue weighted by Crippen LogP contribution is -1.25. The van der Waals surface area contributed by atoms with Crippen molar-refractivity contribution in [3.05, 3.63) is 6.92 Å². The van der Waals surface area contributed by atoms with E-state index in [4.69, 9.17) is 28.3 Å². The second-order valence-corrected chi connectivity index (χ2v) is 0.909. The average Bonchev–Trinajstić information content (AvgIpc) is 1.78. The minimum atomic E-state index is 0.194. The Balaban J connectivity index is -0.0000000360. The molecule has 0 aliphatic carbocycles. The van der Waals surface area contributed by atoms with Gasteiger partial charge in [0.2, 0.25) is 0 Å². The fraction of sp³-hybridized carbons (Fsp3) is 0.750. The predicted octanol–water partition coefficient (Wildman–Crippen LogP) is 1.87. The van der Waals surface area contributed by atoms with Crippen molar-refractivity contribution in [2.75, 3.05) is 12.4 Å². The normalized spacial score (nSPS) is 4.29. The number of aliphatic hydroxyl groups excluding tert-OH is 1. The Hall–Kier alpha value is 0.540. The van der Waals surface area contributed by atoms with Gasteiger partial charge in [0, 0.05) is 7.11 Å². The molecule has 0 aromatic carbocycles. The van der Waals surface area contributed by atoms with Crippen molar-refractivity contribution in [2.45, 2.75) is 6.92 Å². The van der Waals surface area contributed by atoms with Gasteiger partial charge in [-0.2, -0.15) is 0 Å². The van der Waals surface area contributed by atoms with Gasteiger partial charge < -0.3 is 5.11 Å². The number of rotatable bonds is 0. The molecule has 3 heteroatoms. The Kier molecular flexibility index (Phi) is 189. The van der Waals surface area contributed by atoms with Crippen LogP contribution in [0.15, 0.2) is 0 Å². The van der Waals surface area contributed by atoms with Crippen LogP contribution in [0, 0.1) is 6.92 Å². The summed E-state index contributed by atoms with van der Waals surface area (Å²) in [5, 5.41) is 7.19. The summed E-state index contributed by atoms with van der Waals surface area (Å²) >= 11 is 9.53. The first kappa shape index (κ1) is 15.6. The van der Waals surface area contributed by atoms with Crippen LogP contribution in [0.1, 0.15) is 6.92 Å². The quantitative estimate of drug-likeness (QED) is 0.517. The molecule has 0 atom stereocenters.